The van der Waals surface area contributed by atoms with Gasteiger partial charge in [-0.2, -0.15) is 5.10 Å². The van der Waals surface area contributed by atoms with Crippen molar-refractivity contribution < 1.29 is 13.2 Å². The lowest BCUT2D eigenvalue weighted by atomic mass is 10.1. The van der Waals surface area contributed by atoms with Gasteiger partial charge in [0.15, 0.2) is 0 Å². The molecule has 0 spiro atoms. The molecule has 3 rings (SSSR count). The number of nitrogens with two attached hydrogens (primary N) is 1. The molecule has 1 aromatic carbocycles. The van der Waals surface area contributed by atoms with Gasteiger partial charge in [0.1, 0.15) is 22.9 Å². The van der Waals surface area contributed by atoms with Crippen molar-refractivity contribution in [3.8, 4) is 11.3 Å². The quantitative estimate of drug-likeness (QED) is 0.429. The van der Waals surface area contributed by atoms with Gasteiger partial charge >= 0.3 is 0 Å². The number of H-pyrrole nitrogens is 1. The fraction of sp³-hybridized carbons (Fsp3) is 0.263. The van der Waals surface area contributed by atoms with Gasteiger partial charge in [0.25, 0.3) is 5.91 Å². The molecular formula is C19H23N7O3S. The summed E-state index contributed by atoms with van der Waals surface area (Å²) in [5.41, 5.74) is 7.92. The third kappa shape index (κ3) is 4.74. The Morgan fingerprint density at radius 1 is 1.17 bits per heavy atom. The van der Waals surface area contributed by atoms with E-state index in [9.17, 15) is 13.2 Å². The molecule has 3 aromatic rings. The lowest BCUT2D eigenvalue weighted by Crippen LogP contribution is -2.14. The molecule has 0 fully saturated rings. The SMILES string of the molecule is CCS(=O)(=O)Nc1ccc(-c2n[nH]c(Nc3cnc(C(C)C)cn3)c2C(N)=O)cc1. The van der Waals surface area contributed by atoms with Gasteiger partial charge in [-0.1, -0.05) is 26.0 Å². The Labute approximate surface area is 174 Å². The summed E-state index contributed by atoms with van der Waals surface area (Å²) in [6, 6.07) is 6.48. The molecule has 0 saturated heterocycles. The number of amides is 1. The van der Waals surface area contributed by atoms with Gasteiger partial charge in [0, 0.05) is 11.3 Å². The molecule has 2 aromatic heterocycles. The van der Waals surface area contributed by atoms with Crippen LogP contribution in [0.2, 0.25) is 0 Å². The first-order chi connectivity index (χ1) is 14.2. The summed E-state index contributed by atoms with van der Waals surface area (Å²) in [6.07, 6.45) is 3.22. The average molecular weight is 430 g/mol. The predicted octanol–water partition coefficient (Wildman–Crippen LogP) is 2.59. The molecule has 0 atom stereocenters. The fourth-order valence-electron chi connectivity index (χ4n) is 2.66. The van der Waals surface area contributed by atoms with Gasteiger partial charge in [-0.15, -0.1) is 0 Å². The van der Waals surface area contributed by atoms with Crippen LogP contribution in [0.1, 0.15) is 42.7 Å². The molecule has 0 aliphatic carbocycles. The predicted molar refractivity (Wildman–Crippen MR) is 115 cm³/mol. The highest BCUT2D eigenvalue weighted by molar-refractivity contribution is 7.92. The van der Waals surface area contributed by atoms with Crippen LogP contribution in [0.15, 0.2) is 36.7 Å². The zero-order valence-corrected chi connectivity index (χ0v) is 17.6. The van der Waals surface area contributed by atoms with Crippen LogP contribution in [0, 0.1) is 0 Å². The first kappa shape index (κ1) is 21.2. The number of aromatic amines is 1. The second-order valence-corrected chi connectivity index (χ2v) is 8.89. The first-order valence-corrected chi connectivity index (χ1v) is 10.9. The van der Waals surface area contributed by atoms with Crippen LogP contribution in [0.25, 0.3) is 11.3 Å². The Hall–Kier alpha value is -3.47. The molecule has 1 amide bonds. The summed E-state index contributed by atoms with van der Waals surface area (Å²) in [7, 11) is -3.38. The number of aromatic nitrogens is 4. The van der Waals surface area contributed by atoms with Crippen molar-refractivity contribution in [3.05, 3.63) is 47.9 Å². The van der Waals surface area contributed by atoms with E-state index in [4.69, 9.17) is 5.73 Å². The Bertz CT molecular complexity index is 1140. The van der Waals surface area contributed by atoms with Crippen LogP contribution in [-0.2, 0) is 10.0 Å². The molecule has 0 unspecified atom stereocenters. The molecule has 0 bridgehead atoms. The second kappa shape index (κ2) is 8.49. The van der Waals surface area contributed by atoms with Crippen LogP contribution >= 0.6 is 0 Å². The van der Waals surface area contributed by atoms with E-state index in [2.05, 4.69) is 30.2 Å². The monoisotopic (exact) mass is 429 g/mol. The zero-order chi connectivity index (χ0) is 21.9. The Morgan fingerprint density at radius 2 is 1.87 bits per heavy atom. The maximum Gasteiger partial charge on any atom is 0.254 e. The molecule has 10 nitrogen and oxygen atoms in total. The number of sulfonamides is 1. The van der Waals surface area contributed by atoms with Gasteiger partial charge < -0.3 is 11.1 Å². The largest absolute Gasteiger partial charge is 0.365 e. The van der Waals surface area contributed by atoms with Gasteiger partial charge in [0.2, 0.25) is 10.0 Å². The van der Waals surface area contributed by atoms with Crippen LogP contribution in [0.5, 0.6) is 0 Å². The summed E-state index contributed by atoms with van der Waals surface area (Å²) in [6.45, 7) is 5.58. The standard InChI is InChI=1S/C19H23N7O3S/c1-4-30(28,29)26-13-7-5-12(6-8-13)17-16(18(20)27)19(25-24-17)23-15-10-21-14(9-22-15)11(2)3/h5-11,26H,4H2,1-3H3,(H2,20,27)(H2,22,23,24,25). The third-order valence-electron chi connectivity index (χ3n) is 4.34. The molecule has 30 heavy (non-hydrogen) atoms. The highest BCUT2D eigenvalue weighted by Gasteiger charge is 2.20. The van der Waals surface area contributed by atoms with Crippen molar-refractivity contribution >= 4 is 33.3 Å². The molecule has 158 valence electrons. The van der Waals surface area contributed by atoms with E-state index in [1.54, 1.807) is 43.6 Å². The van der Waals surface area contributed by atoms with E-state index < -0.39 is 15.9 Å². The summed E-state index contributed by atoms with van der Waals surface area (Å²) in [5.74, 6) is 0.261. The highest BCUT2D eigenvalue weighted by atomic mass is 32.2. The number of carbonyl (C=O) groups is 1. The number of anilines is 3. The van der Waals surface area contributed by atoms with Crippen molar-refractivity contribution in [2.45, 2.75) is 26.7 Å². The van der Waals surface area contributed by atoms with E-state index in [1.165, 1.54) is 0 Å². The number of rotatable bonds is 8. The summed E-state index contributed by atoms with van der Waals surface area (Å²) >= 11 is 0. The van der Waals surface area contributed by atoms with Gasteiger partial charge in [-0.3, -0.25) is 19.6 Å². The van der Waals surface area contributed by atoms with E-state index in [-0.39, 0.29) is 17.2 Å². The minimum atomic E-state index is -3.38. The number of hydrogen-bond donors (Lipinski definition) is 4. The lowest BCUT2D eigenvalue weighted by molar-refractivity contribution is 0.100. The van der Waals surface area contributed by atoms with E-state index >= 15 is 0 Å². The van der Waals surface area contributed by atoms with E-state index in [1.807, 2.05) is 13.8 Å². The van der Waals surface area contributed by atoms with Crippen molar-refractivity contribution in [2.75, 3.05) is 15.8 Å². The molecule has 5 N–H and O–H groups in total. The van der Waals surface area contributed by atoms with Crippen molar-refractivity contribution in [1.82, 2.24) is 20.2 Å². The second-order valence-electron chi connectivity index (χ2n) is 6.88. The Morgan fingerprint density at radius 3 is 2.40 bits per heavy atom. The van der Waals surface area contributed by atoms with Crippen molar-refractivity contribution in [2.24, 2.45) is 5.73 Å². The summed E-state index contributed by atoms with van der Waals surface area (Å²) < 4.78 is 25.8. The zero-order valence-electron chi connectivity index (χ0n) is 16.8. The maximum atomic E-state index is 12.1. The number of nitrogens with zero attached hydrogens (tertiary/aromatic N) is 3. The first-order valence-electron chi connectivity index (χ1n) is 9.28. The molecule has 0 radical (unpaired) electrons. The smallest absolute Gasteiger partial charge is 0.254 e. The summed E-state index contributed by atoms with van der Waals surface area (Å²) in [4.78, 5) is 20.7. The van der Waals surface area contributed by atoms with Crippen molar-refractivity contribution in [3.63, 3.8) is 0 Å². The van der Waals surface area contributed by atoms with Gasteiger partial charge in [-0.05, 0) is 25.0 Å². The maximum absolute atomic E-state index is 12.1. The Balaban J connectivity index is 1.88. The van der Waals surface area contributed by atoms with E-state index in [0.717, 1.165) is 5.69 Å². The number of nitrogens with one attached hydrogen (secondary N) is 3. The average Bonchev–Trinajstić information content (AvgIpc) is 3.12. The van der Waals surface area contributed by atoms with E-state index in [0.29, 0.717) is 28.6 Å². The lowest BCUT2D eigenvalue weighted by Gasteiger charge is -2.08. The van der Waals surface area contributed by atoms with Crippen molar-refractivity contribution in [1.29, 1.82) is 0 Å². The molecule has 0 aliphatic rings. The fourth-order valence-corrected chi connectivity index (χ4v) is 3.30. The Kier molecular flexibility index (Phi) is 6.01. The molecule has 11 heteroatoms. The molecular weight excluding hydrogens is 406 g/mol. The number of carbonyl (C=O) groups excluding carboxylic acids is 1. The number of hydrogen-bond acceptors (Lipinski definition) is 7. The molecule has 2 heterocycles. The number of benzene rings is 1. The van der Waals surface area contributed by atoms with Crippen LogP contribution < -0.4 is 15.8 Å². The summed E-state index contributed by atoms with van der Waals surface area (Å²) in [5, 5.41) is 9.93. The molecule has 0 saturated carbocycles. The van der Waals surface area contributed by atoms with Gasteiger partial charge in [-0.25, -0.2) is 13.4 Å². The molecule has 0 aliphatic heterocycles. The topological polar surface area (TPSA) is 156 Å². The number of primary amides is 1. The van der Waals surface area contributed by atoms with Crippen LogP contribution in [0.3, 0.4) is 0 Å². The highest BCUT2D eigenvalue weighted by Crippen LogP contribution is 2.29. The van der Waals surface area contributed by atoms with Crippen LogP contribution in [-0.4, -0.2) is 40.2 Å². The minimum Gasteiger partial charge on any atom is -0.365 e. The minimum absolute atomic E-state index is 0.0317. The van der Waals surface area contributed by atoms with Crippen LogP contribution in [0.4, 0.5) is 17.3 Å². The van der Waals surface area contributed by atoms with Gasteiger partial charge in [0.05, 0.1) is 23.8 Å². The third-order valence-corrected chi connectivity index (χ3v) is 5.65. The normalized spacial score (nSPS) is 11.5.